The summed E-state index contributed by atoms with van der Waals surface area (Å²) in [6.07, 6.45) is -0.111. The molecule has 156 valence electrons. The predicted molar refractivity (Wildman–Crippen MR) is 101 cm³/mol. The molecule has 0 spiro atoms. The van der Waals surface area contributed by atoms with Gasteiger partial charge in [-0.2, -0.15) is 0 Å². The molecule has 11 heteroatoms. The number of nitrogens with two attached hydrogens (primary N) is 3. The van der Waals surface area contributed by atoms with Crippen LogP contribution in [0.25, 0.3) is 0 Å². The molecule has 0 aromatic heterocycles. The van der Waals surface area contributed by atoms with Crippen LogP contribution < -0.4 is 27.8 Å². The quantitative estimate of drug-likeness (QED) is 0.111. The maximum atomic E-state index is 12.5. The normalized spacial score (nSPS) is 16.3. The van der Waals surface area contributed by atoms with Gasteiger partial charge in [0.25, 0.3) is 0 Å². The van der Waals surface area contributed by atoms with Crippen LogP contribution in [0.5, 0.6) is 0 Å². The lowest BCUT2D eigenvalue weighted by Gasteiger charge is -2.25. The molecule has 0 aliphatic rings. The highest BCUT2D eigenvalue weighted by atomic mass is 16.4. The number of hydrogen-bond acceptors (Lipinski definition) is 6. The van der Waals surface area contributed by atoms with E-state index in [1.165, 1.54) is 6.92 Å². The second-order valence-electron chi connectivity index (χ2n) is 6.49. The fourth-order valence-corrected chi connectivity index (χ4v) is 2.20. The Morgan fingerprint density at radius 1 is 1.11 bits per heavy atom. The van der Waals surface area contributed by atoms with Gasteiger partial charge in [-0.25, -0.2) is 4.79 Å². The Hall–Kier alpha value is -2.40. The van der Waals surface area contributed by atoms with Crippen LogP contribution in [0.4, 0.5) is 0 Å². The molecule has 0 heterocycles. The summed E-state index contributed by atoms with van der Waals surface area (Å²) in [7, 11) is 0. The number of nitrogens with zero attached hydrogens (tertiary/aromatic N) is 1. The van der Waals surface area contributed by atoms with E-state index in [0.29, 0.717) is 12.8 Å². The lowest BCUT2D eigenvalue weighted by Crippen LogP contribution is -2.57. The Morgan fingerprint density at radius 2 is 1.70 bits per heavy atom. The molecule has 0 rings (SSSR count). The molecule has 0 radical (unpaired) electrons. The smallest absolute Gasteiger partial charge is 0.328 e. The number of carbonyl (C=O) groups excluding carboxylic acids is 2. The van der Waals surface area contributed by atoms with Crippen LogP contribution in [0.15, 0.2) is 4.99 Å². The Bertz CT molecular complexity index is 535. The van der Waals surface area contributed by atoms with Gasteiger partial charge in [0.15, 0.2) is 12.0 Å². The van der Waals surface area contributed by atoms with Gasteiger partial charge in [-0.3, -0.25) is 14.6 Å². The minimum Gasteiger partial charge on any atom is -0.480 e. The van der Waals surface area contributed by atoms with E-state index in [0.717, 1.165) is 0 Å². The molecule has 5 atom stereocenters. The third-order valence-electron chi connectivity index (χ3n) is 4.18. The minimum absolute atomic E-state index is 0.0976. The van der Waals surface area contributed by atoms with E-state index in [4.69, 9.17) is 22.3 Å². The van der Waals surface area contributed by atoms with Crippen molar-refractivity contribution in [3.63, 3.8) is 0 Å². The van der Waals surface area contributed by atoms with Gasteiger partial charge in [0.1, 0.15) is 6.04 Å². The first-order chi connectivity index (χ1) is 12.5. The van der Waals surface area contributed by atoms with E-state index >= 15 is 0 Å². The molecule has 0 fully saturated rings. The first-order valence-corrected chi connectivity index (χ1v) is 8.83. The monoisotopic (exact) mass is 388 g/mol. The van der Waals surface area contributed by atoms with Crippen LogP contribution in [-0.4, -0.2) is 64.7 Å². The third-order valence-corrected chi connectivity index (χ3v) is 4.18. The van der Waals surface area contributed by atoms with Gasteiger partial charge in [-0.1, -0.05) is 20.3 Å². The van der Waals surface area contributed by atoms with Crippen LogP contribution >= 0.6 is 0 Å². The first kappa shape index (κ1) is 24.6. The fourth-order valence-electron chi connectivity index (χ4n) is 2.20. The molecule has 11 nitrogen and oxygen atoms in total. The van der Waals surface area contributed by atoms with Crippen LogP contribution in [0.2, 0.25) is 0 Å². The predicted octanol–water partition coefficient (Wildman–Crippen LogP) is -2.15. The Morgan fingerprint density at radius 3 is 2.15 bits per heavy atom. The summed E-state index contributed by atoms with van der Waals surface area (Å²) in [6.45, 7) is 5.17. The zero-order valence-electron chi connectivity index (χ0n) is 16.0. The van der Waals surface area contributed by atoms with Crippen molar-refractivity contribution in [2.24, 2.45) is 28.1 Å². The van der Waals surface area contributed by atoms with Crippen molar-refractivity contribution >= 4 is 23.7 Å². The molecule has 0 saturated heterocycles. The van der Waals surface area contributed by atoms with Crippen molar-refractivity contribution in [1.82, 2.24) is 10.6 Å². The van der Waals surface area contributed by atoms with Crippen LogP contribution in [-0.2, 0) is 14.4 Å². The average Bonchev–Trinajstić information content (AvgIpc) is 2.59. The zero-order chi connectivity index (χ0) is 21.1. The maximum Gasteiger partial charge on any atom is 0.328 e. The molecule has 0 unspecified atom stereocenters. The average molecular weight is 388 g/mol. The zero-order valence-corrected chi connectivity index (χ0v) is 16.0. The molecule has 0 aliphatic carbocycles. The van der Waals surface area contributed by atoms with Gasteiger partial charge >= 0.3 is 5.97 Å². The summed E-state index contributed by atoms with van der Waals surface area (Å²) in [4.78, 5) is 39.7. The largest absolute Gasteiger partial charge is 0.480 e. The fraction of sp³-hybridized carbons (Fsp3) is 0.750. The Balaban J connectivity index is 5.15. The number of amides is 2. The summed E-state index contributed by atoms with van der Waals surface area (Å²) in [5.74, 6) is -2.84. The molecule has 0 aliphatic heterocycles. The number of carbonyl (C=O) groups is 3. The summed E-state index contributed by atoms with van der Waals surface area (Å²) in [6, 6.07) is -3.35. The molecular weight excluding hydrogens is 356 g/mol. The molecule has 0 aromatic rings. The highest BCUT2D eigenvalue weighted by Crippen LogP contribution is 2.07. The highest BCUT2D eigenvalue weighted by molar-refractivity contribution is 5.92. The van der Waals surface area contributed by atoms with Gasteiger partial charge in [0, 0.05) is 6.54 Å². The number of nitrogens with one attached hydrogen (secondary N) is 2. The van der Waals surface area contributed by atoms with Crippen molar-refractivity contribution in [3.05, 3.63) is 0 Å². The van der Waals surface area contributed by atoms with Gasteiger partial charge in [0.05, 0.1) is 12.1 Å². The summed E-state index contributed by atoms with van der Waals surface area (Å²) in [5, 5.41) is 23.4. The number of aliphatic carboxylic acids is 1. The van der Waals surface area contributed by atoms with E-state index in [9.17, 15) is 19.5 Å². The van der Waals surface area contributed by atoms with E-state index in [1.807, 2.05) is 13.8 Å². The van der Waals surface area contributed by atoms with Crippen LogP contribution in [0, 0.1) is 5.92 Å². The van der Waals surface area contributed by atoms with Crippen molar-refractivity contribution in [1.29, 1.82) is 0 Å². The van der Waals surface area contributed by atoms with E-state index in [2.05, 4.69) is 15.6 Å². The third kappa shape index (κ3) is 9.20. The van der Waals surface area contributed by atoms with Gasteiger partial charge in [-0.15, -0.1) is 0 Å². The molecule has 0 bridgehead atoms. The first-order valence-electron chi connectivity index (χ1n) is 8.83. The SMILES string of the molecule is CC[C@H](C)[C@H](N)C(=O)N[C@@H](CCCN=C(N)N)C(=O)N[C@H](C(=O)O)[C@@H](C)O. The van der Waals surface area contributed by atoms with Gasteiger partial charge in [0.2, 0.25) is 11.8 Å². The number of aliphatic imine (C=N–C) groups is 1. The van der Waals surface area contributed by atoms with Crippen LogP contribution in [0.3, 0.4) is 0 Å². The number of aliphatic hydroxyl groups excluding tert-OH is 1. The molecule has 0 saturated carbocycles. The maximum absolute atomic E-state index is 12.5. The van der Waals surface area contributed by atoms with Crippen molar-refractivity contribution in [3.8, 4) is 0 Å². The number of hydrogen-bond donors (Lipinski definition) is 7. The molecule has 0 aromatic carbocycles. The van der Waals surface area contributed by atoms with Crippen LogP contribution in [0.1, 0.15) is 40.0 Å². The van der Waals surface area contributed by atoms with Crippen molar-refractivity contribution < 1.29 is 24.6 Å². The molecule has 27 heavy (non-hydrogen) atoms. The van der Waals surface area contributed by atoms with Crippen molar-refractivity contribution in [2.75, 3.05) is 6.54 Å². The van der Waals surface area contributed by atoms with Crippen molar-refractivity contribution in [2.45, 2.75) is 64.3 Å². The lowest BCUT2D eigenvalue weighted by atomic mass is 9.98. The topological polar surface area (TPSA) is 206 Å². The van der Waals surface area contributed by atoms with E-state index in [1.54, 1.807) is 0 Å². The number of aliphatic hydroxyl groups is 1. The molecule has 2 amide bonds. The summed E-state index contributed by atoms with van der Waals surface area (Å²) < 4.78 is 0. The Labute approximate surface area is 158 Å². The minimum atomic E-state index is -1.50. The van der Waals surface area contributed by atoms with Gasteiger partial charge in [-0.05, 0) is 25.7 Å². The summed E-state index contributed by atoms with van der Waals surface area (Å²) >= 11 is 0. The highest BCUT2D eigenvalue weighted by Gasteiger charge is 2.30. The second kappa shape index (κ2) is 12.1. The standard InChI is InChI=1S/C16H32N6O5/c1-4-8(2)11(17)14(25)21-10(6-5-7-20-16(18)19)13(24)22-12(9(3)23)15(26)27/h8-12,23H,4-7,17H2,1-3H3,(H,21,25)(H,22,24)(H,26,27)(H4,18,19,20)/t8-,9+,10-,11-,12-/m0/s1. The van der Waals surface area contributed by atoms with Gasteiger partial charge < -0.3 is 38.0 Å². The Kier molecular flexibility index (Phi) is 11.0. The molecular formula is C16H32N6O5. The van der Waals surface area contributed by atoms with E-state index < -0.39 is 42.0 Å². The number of guanidine groups is 1. The number of carboxylic acid groups (broad SMARTS) is 1. The molecule has 10 N–H and O–H groups in total. The number of carboxylic acids is 1. The number of rotatable bonds is 12. The lowest BCUT2D eigenvalue weighted by molar-refractivity contribution is -0.145. The van der Waals surface area contributed by atoms with E-state index in [-0.39, 0.29) is 24.8 Å². The second-order valence-corrected chi connectivity index (χ2v) is 6.49. The summed E-state index contributed by atoms with van der Waals surface area (Å²) in [5.41, 5.74) is 16.4.